The van der Waals surface area contributed by atoms with Crippen LogP contribution in [0.1, 0.15) is 43.7 Å². The summed E-state index contributed by atoms with van der Waals surface area (Å²) >= 11 is 18.9. The average molecular weight is 637 g/mol. The number of nitrogens with one attached hydrogen (secondary N) is 1. The zero-order valence-corrected chi connectivity index (χ0v) is 25.9. The summed E-state index contributed by atoms with van der Waals surface area (Å²) in [4.78, 5) is 28.8. The third-order valence-corrected chi connectivity index (χ3v) is 10.1. The van der Waals surface area contributed by atoms with E-state index in [2.05, 4.69) is 5.32 Å². The van der Waals surface area contributed by atoms with Gasteiger partial charge in [0.1, 0.15) is 12.6 Å². The van der Waals surface area contributed by atoms with Gasteiger partial charge in [0.05, 0.1) is 10.6 Å². The van der Waals surface area contributed by atoms with E-state index in [9.17, 15) is 18.0 Å². The summed E-state index contributed by atoms with van der Waals surface area (Å²) in [6.07, 6.45) is 3.82. The Morgan fingerprint density at radius 3 is 2.15 bits per heavy atom. The number of para-hydroxylation sites is 1. The molecular weight excluding hydrogens is 605 g/mol. The van der Waals surface area contributed by atoms with Crippen molar-refractivity contribution in [2.24, 2.45) is 0 Å². The summed E-state index contributed by atoms with van der Waals surface area (Å²) in [6, 6.07) is 16.8. The second kappa shape index (κ2) is 13.5. The van der Waals surface area contributed by atoms with Crippen molar-refractivity contribution in [3.05, 3.63) is 92.9 Å². The number of carbonyl (C=O) groups excluding carboxylic acids is 2. The monoisotopic (exact) mass is 635 g/mol. The van der Waals surface area contributed by atoms with Gasteiger partial charge in [-0.05, 0) is 74.7 Å². The van der Waals surface area contributed by atoms with Gasteiger partial charge in [-0.1, -0.05) is 71.9 Å². The molecule has 1 aliphatic carbocycles. The van der Waals surface area contributed by atoms with Crippen molar-refractivity contribution in [2.75, 3.05) is 10.8 Å². The van der Waals surface area contributed by atoms with Crippen molar-refractivity contribution < 1.29 is 18.0 Å². The number of rotatable bonds is 10. The van der Waals surface area contributed by atoms with Crippen LogP contribution in [0.25, 0.3) is 0 Å². The Morgan fingerprint density at radius 2 is 1.54 bits per heavy atom. The van der Waals surface area contributed by atoms with E-state index >= 15 is 0 Å². The minimum Gasteiger partial charge on any atom is -0.352 e. The predicted octanol–water partition coefficient (Wildman–Crippen LogP) is 6.63. The fraction of sp³-hybridized carbons (Fsp3) is 0.333. The number of aryl methyl sites for hydroxylation is 1. The summed E-state index contributed by atoms with van der Waals surface area (Å²) in [7, 11) is -4.20. The maximum absolute atomic E-state index is 14.1. The molecule has 3 aromatic carbocycles. The molecule has 3 aromatic rings. The molecular formula is C30H32Cl3N3O4S. The minimum absolute atomic E-state index is 0.0225. The van der Waals surface area contributed by atoms with E-state index in [1.807, 2.05) is 0 Å². The number of carbonyl (C=O) groups is 2. The third kappa shape index (κ3) is 7.36. The Morgan fingerprint density at radius 1 is 0.927 bits per heavy atom. The smallest absolute Gasteiger partial charge is 0.264 e. The third-order valence-electron chi connectivity index (χ3n) is 7.32. The van der Waals surface area contributed by atoms with Crippen LogP contribution in [0.3, 0.4) is 0 Å². The zero-order chi connectivity index (χ0) is 29.7. The molecule has 1 saturated carbocycles. The van der Waals surface area contributed by atoms with E-state index < -0.39 is 28.5 Å². The molecule has 41 heavy (non-hydrogen) atoms. The molecule has 0 bridgehead atoms. The number of anilines is 1. The Hall–Kier alpha value is -2.78. The summed E-state index contributed by atoms with van der Waals surface area (Å²) in [5.74, 6) is -0.910. The van der Waals surface area contributed by atoms with Crippen LogP contribution in [-0.4, -0.2) is 43.8 Å². The van der Waals surface area contributed by atoms with Crippen molar-refractivity contribution in [1.82, 2.24) is 10.2 Å². The van der Waals surface area contributed by atoms with Crippen LogP contribution in [-0.2, 0) is 26.2 Å². The molecule has 0 spiro atoms. The van der Waals surface area contributed by atoms with Crippen LogP contribution in [0, 0.1) is 6.92 Å². The Balaban J connectivity index is 1.73. The summed E-state index contributed by atoms with van der Waals surface area (Å²) in [5, 5.41) is 4.10. The van der Waals surface area contributed by atoms with Crippen molar-refractivity contribution in [3.8, 4) is 0 Å². The van der Waals surface area contributed by atoms with Crippen LogP contribution < -0.4 is 9.62 Å². The maximum atomic E-state index is 14.1. The highest BCUT2D eigenvalue weighted by Crippen LogP contribution is 2.30. The van der Waals surface area contributed by atoms with Gasteiger partial charge in [-0.3, -0.25) is 13.9 Å². The fourth-order valence-corrected chi connectivity index (χ4v) is 7.04. The van der Waals surface area contributed by atoms with Crippen LogP contribution in [0.15, 0.2) is 71.6 Å². The lowest BCUT2D eigenvalue weighted by Crippen LogP contribution is -2.52. The van der Waals surface area contributed by atoms with Gasteiger partial charge in [0.2, 0.25) is 11.8 Å². The molecule has 4 rings (SSSR count). The number of amides is 2. The number of hydrogen-bond donors (Lipinski definition) is 1. The van der Waals surface area contributed by atoms with E-state index in [1.165, 1.54) is 29.2 Å². The molecule has 0 aromatic heterocycles. The van der Waals surface area contributed by atoms with Crippen LogP contribution >= 0.6 is 34.8 Å². The van der Waals surface area contributed by atoms with E-state index in [0.29, 0.717) is 31.9 Å². The van der Waals surface area contributed by atoms with Gasteiger partial charge in [0.15, 0.2) is 0 Å². The predicted molar refractivity (Wildman–Crippen MR) is 164 cm³/mol. The van der Waals surface area contributed by atoms with Crippen molar-refractivity contribution in [1.29, 1.82) is 0 Å². The van der Waals surface area contributed by atoms with Gasteiger partial charge < -0.3 is 10.2 Å². The van der Waals surface area contributed by atoms with E-state index in [4.69, 9.17) is 34.8 Å². The van der Waals surface area contributed by atoms with Crippen LogP contribution in [0.4, 0.5) is 5.69 Å². The standard InChI is InChI=1S/C30H32Cl3N3O4S/c1-20-8-3-6-13-28(20)36(41(39,40)24-16-14-22(31)15-17-24)19-29(37)35(18-25-26(32)11-7-12-27(25)33)21(2)30(38)34-23-9-4-5-10-23/h3,6-8,11-17,21,23H,4-5,9-10,18-19H2,1-2H3,(H,34,38)/t21-/m1/s1. The van der Waals surface area contributed by atoms with E-state index in [-0.39, 0.29) is 23.4 Å². The van der Waals surface area contributed by atoms with E-state index in [0.717, 1.165) is 30.0 Å². The molecule has 7 nitrogen and oxygen atoms in total. The molecule has 1 atom stereocenters. The first-order valence-electron chi connectivity index (χ1n) is 13.4. The van der Waals surface area contributed by atoms with Gasteiger partial charge in [-0.25, -0.2) is 8.42 Å². The summed E-state index contributed by atoms with van der Waals surface area (Å²) in [5.41, 5.74) is 1.47. The van der Waals surface area contributed by atoms with Gasteiger partial charge in [0.25, 0.3) is 10.0 Å². The van der Waals surface area contributed by atoms with Gasteiger partial charge in [-0.2, -0.15) is 0 Å². The van der Waals surface area contributed by atoms with Crippen molar-refractivity contribution >= 4 is 62.3 Å². The highest BCUT2D eigenvalue weighted by atomic mass is 35.5. The molecule has 0 saturated heterocycles. The number of sulfonamides is 1. The lowest BCUT2D eigenvalue weighted by Gasteiger charge is -2.33. The molecule has 2 amide bonds. The van der Waals surface area contributed by atoms with Crippen molar-refractivity contribution in [2.45, 2.75) is 63.1 Å². The number of halogens is 3. The van der Waals surface area contributed by atoms with Crippen LogP contribution in [0.2, 0.25) is 15.1 Å². The first-order chi connectivity index (χ1) is 19.5. The minimum atomic E-state index is -4.20. The van der Waals surface area contributed by atoms with Crippen molar-refractivity contribution in [3.63, 3.8) is 0 Å². The number of hydrogen-bond acceptors (Lipinski definition) is 4. The summed E-state index contributed by atoms with van der Waals surface area (Å²) in [6.45, 7) is 2.75. The first-order valence-corrected chi connectivity index (χ1v) is 15.9. The normalized spacial score (nSPS) is 14.5. The second-order valence-electron chi connectivity index (χ2n) is 10.1. The topological polar surface area (TPSA) is 86.8 Å². The van der Waals surface area contributed by atoms with E-state index in [1.54, 1.807) is 56.3 Å². The molecule has 11 heteroatoms. The fourth-order valence-electron chi connectivity index (χ4n) is 4.92. The molecule has 1 aliphatic rings. The SMILES string of the molecule is Cc1ccccc1N(CC(=O)N(Cc1c(Cl)cccc1Cl)[C@H](C)C(=O)NC1CCCC1)S(=O)(=O)c1ccc(Cl)cc1. The molecule has 0 aliphatic heterocycles. The highest BCUT2D eigenvalue weighted by Gasteiger charge is 2.34. The van der Waals surface area contributed by atoms with Crippen LogP contribution in [0.5, 0.6) is 0 Å². The highest BCUT2D eigenvalue weighted by molar-refractivity contribution is 7.92. The summed E-state index contributed by atoms with van der Waals surface area (Å²) < 4.78 is 29.0. The zero-order valence-electron chi connectivity index (χ0n) is 22.8. The first kappa shape index (κ1) is 31.2. The molecule has 0 unspecified atom stereocenters. The lowest BCUT2D eigenvalue weighted by atomic mass is 10.1. The molecule has 1 fully saturated rings. The second-order valence-corrected chi connectivity index (χ2v) is 13.3. The average Bonchev–Trinajstić information content (AvgIpc) is 3.45. The van der Waals surface area contributed by atoms with Gasteiger partial charge >= 0.3 is 0 Å². The molecule has 0 radical (unpaired) electrons. The Labute approximate surface area is 256 Å². The maximum Gasteiger partial charge on any atom is 0.264 e. The Bertz CT molecular complexity index is 1490. The van der Waals surface area contributed by atoms with Gasteiger partial charge in [-0.15, -0.1) is 0 Å². The largest absolute Gasteiger partial charge is 0.352 e. The number of benzene rings is 3. The quantitative estimate of drug-likeness (QED) is 0.271. The molecule has 218 valence electrons. The lowest BCUT2D eigenvalue weighted by molar-refractivity contribution is -0.139. The molecule has 1 N–H and O–H groups in total. The Kier molecular flexibility index (Phi) is 10.2. The number of nitrogens with zero attached hydrogens (tertiary/aromatic N) is 2. The molecule has 0 heterocycles. The van der Waals surface area contributed by atoms with Gasteiger partial charge in [0, 0.05) is 33.2 Å².